The summed E-state index contributed by atoms with van der Waals surface area (Å²) in [7, 11) is 1.31. The van der Waals surface area contributed by atoms with Gasteiger partial charge in [-0.05, 0) is 57.8 Å². The first-order valence-corrected chi connectivity index (χ1v) is 24.3. The summed E-state index contributed by atoms with van der Waals surface area (Å²) >= 11 is 0. The normalized spacial score (nSPS) is 19.5. The third-order valence-corrected chi connectivity index (χ3v) is 11.5. The number of unbranched alkanes of at least 4 members (excludes halogenated alkanes) is 14. The molecule has 0 aromatic heterocycles. The standard InChI is InChI=1S/C46H82NO11P/c1-6-8-10-11-12-13-14-15-16-17-18-19-20-21-26-30-45(51)55-37-40(38-57-59(53,54)56-35-34-47(3,4)5)58-46(52)31-27-23-22-25-29-41-42(44(50)36-43(41)49)33-32-39(48)28-24-9-7-2/h15-16,22,25,32-33,39-43,48-49H,6-14,17-21,23-24,26-31,34-38H2,1-5H3/p+1/b16-15-,25-22-,33-32+/t39-,40+,41+,42+,43-/m0/s1. The first kappa shape index (κ1) is 54.8. The maximum Gasteiger partial charge on any atom is 0.472 e. The molecule has 1 aliphatic carbocycles. The number of Topliss-reactive ketones (excluding diaryl/α,β-unsaturated/α-hetero) is 1. The van der Waals surface area contributed by atoms with Crippen LogP contribution in [0.15, 0.2) is 36.5 Å². The van der Waals surface area contributed by atoms with Crippen LogP contribution in [-0.4, -0.2) is 103 Å². The van der Waals surface area contributed by atoms with E-state index < -0.39 is 50.6 Å². The van der Waals surface area contributed by atoms with Gasteiger partial charge in [-0.25, -0.2) is 4.57 Å². The number of quaternary nitrogens is 1. The van der Waals surface area contributed by atoms with Crippen LogP contribution in [0.25, 0.3) is 0 Å². The second-order valence-corrected chi connectivity index (χ2v) is 18.7. The lowest BCUT2D eigenvalue weighted by Crippen LogP contribution is -2.37. The van der Waals surface area contributed by atoms with Crippen LogP contribution in [0.3, 0.4) is 0 Å². The highest BCUT2D eigenvalue weighted by Crippen LogP contribution is 2.43. The number of rotatable bonds is 37. The molecule has 0 amide bonds. The molecule has 3 N–H and O–H groups in total. The molecule has 1 aliphatic rings. The van der Waals surface area contributed by atoms with Gasteiger partial charge in [-0.3, -0.25) is 23.4 Å². The highest BCUT2D eigenvalue weighted by molar-refractivity contribution is 7.47. The van der Waals surface area contributed by atoms with E-state index in [2.05, 4.69) is 26.0 Å². The number of hydrogen-bond acceptors (Lipinski definition) is 10. The molecule has 0 saturated heterocycles. The predicted molar refractivity (Wildman–Crippen MR) is 234 cm³/mol. The minimum atomic E-state index is -4.45. The largest absolute Gasteiger partial charge is 0.472 e. The Balaban J connectivity index is 2.51. The summed E-state index contributed by atoms with van der Waals surface area (Å²) < 4.78 is 34.2. The zero-order valence-corrected chi connectivity index (χ0v) is 38.3. The number of carbonyl (C=O) groups excluding carboxylic acids is 3. The molecular formula is C46H83NO11P+. The molecule has 1 rings (SSSR count). The smallest absolute Gasteiger partial charge is 0.462 e. The van der Waals surface area contributed by atoms with Crippen molar-refractivity contribution in [1.29, 1.82) is 0 Å². The number of allylic oxidation sites excluding steroid dienone is 5. The van der Waals surface area contributed by atoms with Gasteiger partial charge in [0, 0.05) is 31.1 Å². The molecule has 342 valence electrons. The van der Waals surface area contributed by atoms with E-state index in [0.29, 0.717) is 43.1 Å². The van der Waals surface area contributed by atoms with E-state index in [4.69, 9.17) is 18.5 Å². The van der Waals surface area contributed by atoms with Gasteiger partial charge in [0.15, 0.2) is 6.10 Å². The number of ketones is 1. The topological polar surface area (TPSA) is 166 Å². The van der Waals surface area contributed by atoms with E-state index >= 15 is 0 Å². The van der Waals surface area contributed by atoms with Crippen LogP contribution < -0.4 is 0 Å². The minimum Gasteiger partial charge on any atom is -0.462 e. The number of aliphatic hydroxyl groups is 2. The number of esters is 2. The first-order chi connectivity index (χ1) is 28.2. The first-order valence-electron chi connectivity index (χ1n) is 22.8. The average molecular weight is 857 g/mol. The second kappa shape index (κ2) is 33.4. The summed E-state index contributed by atoms with van der Waals surface area (Å²) in [5.74, 6) is -1.76. The van der Waals surface area contributed by atoms with Crippen molar-refractivity contribution < 1.29 is 57.1 Å². The SMILES string of the molecule is CCCCCCCC/C=C\CCCCCCCC(=O)OC[C@H](COP(=O)(O)OCC[N+](C)(C)C)OC(=O)CCC/C=C\C[C@H]1[C@@H](O)CC(=O)[C@@H]1/C=C/[C@@H](O)CCCCC. The Hall–Kier alpha value is -2.18. The Bertz CT molecular complexity index is 1260. The molecule has 1 saturated carbocycles. The number of phosphoric acid groups is 1. The van der Waals surface area contributed by atoms with Crippen LogP contribution in [0.4, 0.5) is 0 Å². The number of ether oxygens (including phenoxy) is 2. The molecule has 12 nitrogen and oxygen atoms in total. The third-order valence-electron chi connectivity index (χ3n) is 10.5. The van der Waals surface area contributed by atoms with Crippen molar-refractivity contribution in [1.82, 2.24) is 0 Å². The molecule has 0 heterocycles. The van der Waals surface area contributed by atoms with E-state index in [9.17, 15) is 34.1 Å². The molecule has 1 fully saturated rings. The molecule has 6 atom stereocenters. The lowest BCUT2D eigenvalue weighted by atomic mass is 9.90. The van der Waals surface area contributed by atoms with E-state index in [1.165, 1.54) is 38.5 Å². The number of nitrogens with zero attached hydrogens (tertiary/aromatic N) is 1. The van der Waals surface area contributed by atoms with Crippen LogP contribution in [-0.2, 0) is 37.5 Å². The maximum atomic E-state index is 12.8. The maximum absolute atomic E-state index is 12.8. The van der Waals surface area contributed by atoms with Crippen LogP contribution in [0.1, 0.15) is 162 Å². The van der Waals surface area contributed by atoms with Crippen molar-refractivity contribution in [3.63, 3.8) is 0 Å². The monoisotopic (exact) mass is 857 g/mol. The van der Waals surface area contributed by atoms with Crippen molar-refractivity contribution in [3.05, 3.63) is 36.5 Å². The fraction of sp³-hybridized carbons (Fsp3) is 0.804. The molecular weight excluding hydrogens is 773 g/mol. The number of phosphoric ester groups is 1. The number of hydrogen-bond donors (Lipinski definition) is 3. The van der Waals surface area contributed by atoms with Gasteiger partial charge in [-0.15, -0.1) is 0 Å². The Morgan fingerprint density at radius 2 is 1.36 bits per heavy atom. The Morgan fingerprint density at radius 3 is 2.02 bits per heavy atom. The molecule has 1 unspecified atom stereocenters. The summed E-state index contributed by atoms with van der Waals surface area (Å²) in [5.41, 5.74) is 0. The molecule has 0 radical (unpaired) electrons. The summed E-state index contributed by atoms with van der Waals surface area (Å²) in [6.07, 6.45) is 29.9. The average Bonchev–Trinajstić information content (AvgIpc) is 3.44. The zero-order chi connectivity index (χ0) is 43.8. The van der Waals surface area contributed by atoms with Crippen molar-refractivity contribution in [2.45, 2.75) is 180 Å². The van der Waals surface area contributed by atoms with Gasteiger partial charge in [0.1, 0.15) is 25.5 Å². The van der Waals surface area contributed by atoms with Crippen LogP contribution in [0.5, 0.6) is 0 Å². The molecule has 0 spiro atoms. The van der Waals surface area contributed by atoms with Gasteiger partial charge in [0.2, 0.25) is 0 Å². The molecule has 0 aromatic carbocycles. The van der Waals surface area contributed by atoms with Crippen molar-refractivity contribution >= 4 is 25.5 Å². The zero-order valence-electron chi connectivity index (χ0n) is 37.4. The summed E-state index contributed by atoms with van der Waals surface area (Å²) in [4.78, 5) is 48.1. The highest BCUT2D eigenvalue weighted by Gasteiger charge is 2.39. The molecule has 0 bridgehead atoms. The fourth-order valence-corrected chi connectivity index (χ4v) is 7.55. The highest BCUT2D eigenvalue weighted by atomic mass is 31.2. The van der Waals surface area contributed by atoms with Gasteiger partial charge < -0.3 is 29.1 Å². The molecule has 59 heavy (non-hydrogen) atoms. The van der Waals surface area contributed by atoms with E-state index in [0.717, 1.165) is 57.8 Å². The lowest BCUT2D eigenvalue weighted by Gasteiger charge is -2.24. The number of likely N-dealkylation sites (N-methyl/N-ethyl adjacent to an activating group) is 1. The van der Waals surface area contributed by atoms with Crippen molar-refractivity contribution in [3.8, 4) is 0 Å². The Morgan fingerprint density at radius 1 is 0.780 bits per heavy atom. The van der Waals surface area contributed by atoms with Crippen LogP contribution in [0, 0.1) is 11.8 Å². The van der Waals surface area contributed by atoms with Gasteiger partial charge in [-0.2, -0.15) is 0 Å². The molecule has 0 aliphatic heterocycles. The van der Waals surface area contributed by atoms with Gasteiger partial charge in [-0.1, -0.05) is 121 Å². The van der Waals surface area contributed by atoms with E-state index in [-0.39, 0.29) is 44.2 Å². The van der Waals surface area contributed by atoms with E-state index in [1.807, 2.05) is 33.3 Å². The predicted octanol–water partition coefficient (Wildman–Crippen LogP) is 9.50. The quantitative estimate of drug-likeness (QED) is 0.0179. The molecule has 0 aromatic rings. The summed E-state index contributed by atoms with van der Waals surface area (Å²) in [6.45, 7) is 3.98. The second-order valence-electron chi connectivity index (χ2n) is 17.2. The number of aliphatic hydroxyl groups excluding tert-OH is 2. The Labute approximate surface area is 357 Å². The summed E-state index contributed by atoms with van der Waals surface area (Å²) in [6, 6.07) is 0. The van der Waals surface area contributed by atoms with Gasteiger partial charge in [0.25, 0.3) is 0 Å². The lowest BCUT2D eigenvalue weighted by molar-refractivity contribution is -0.870. The van der Waals surface area contributed by atoms with E-state index in [1.54, 1.807) is 12.2 Å². The van der Waals surface area contributed by atoms with Gasteiger partial charge >= 0.3 is 19.8 Å². The van der Waals surface area contributed by atoms with Crippen LogP contribution in [0.2, 0.25) is 0 Å². The van der Waals surface area contributed by atoms with Crippen molar-refractivity contribution in [2.24, 2.45) is 11.8 Å². The van der Waals surface area contributed by atoms with Crippen LogP contribution >= 0.6 is 7.82 Å². The van der Waals surface area contributed by atoms with Crippen molar-refractivity contribution in [2.75, 3.05) is 47.5 Å². The minimum absolute atomic E-state index is 0.0180. The summed E-state index contributed by atoms with van der Waals surface area (Å²) in [5, 5.41) is 20.8. The Kier molecular flexibility index (Phi) is 31.1. The number of carbonyl (C=O) groups is 3. The fourth-order valence-electron chi connectivity index (χ4n) is 6.81. The molecule has 13 heteroatoms. The third kappa shape index (κ3) is 30.5. The van der Waals surface area contributed by atoms with Gasteiger partial charge in [0.05, 0.1) is 40.0 Å².